The van der Waals surface area contributed by atoms with E-state index in [1.54, 1.807) is 53.1 Å². The van der Waals surface area contributed by atoms with Crippen LogP contribution in [0.25, 0.3) is 9.81 Å². The van der Waals surface area contributed by atoms with E-state index in [0.717, 1.165) is 26.0 Å². The predicted octanol–water partition coefficient (Wildman–Crippen LogP) is 7.14. The van der Waals surface area contributed by atoms with Gasteiger partial charge in [0, 0.05) is 16.0 Å². The van der Waals surface area contributed by atoms with Crippen molar-refractivity contribution in [3.63, 3.8) is 0 Å². The molecule has 0 radical (unpaired) electrons. The normalized spacial score (nSPS) is 18.5. The minimum absolute atomic E-state index is 0.115. The maximum atomic E-state index is 14.6. The second-order valence-corrected chi connectivity index (χ2v) is 15.0. The van der Waals surface area contributed by atoms with Gasteiger partial charge in [0.2, 0.25) is 0 Å². The zero-order chi connectivity index (χ0) is 21.9. The van der Waals surface area contributed by atoms with E-state index in [4.69, 9.17) is 10.7 Å². The van der Waals surface area contributed by atoms with Crippen LogP contribution in [0, 0.1) is 42.2 Å². The van der Waals surface area contributed by atoms with Gasteiger partial charge in [0.25, 0.3) is 0 Å². The number of fused-ring (bicyclic) bond motifs is 1. The number of hydrogen-bond donors (Lipinski definition) is 1. The van der Waals surface area contributed by atoms with E-state index < -0.39 is 11.6 Å². The monoisotopic (exact) mass is 540 g/mol. The molecule has 1 aromatic heterocycles. The van der Waals surface area contributed by atoms with E-state index in [1.165, 1.54) is 52.9 Å². The first-order chi connectivity index (χ1) is 14.9. The van der Waals surface area contributed by atoms with E-state index in [1.807, 2.05) is 0 Å². The van der Waals surface area contributed by atoms with Crippen LogP contribution in [0.5, 0.6) is 0 Å². The number of nitrogens with one attached hydrogen (secondary N) is 1. The van der Waals surface area contributed by atoms with Crippen molar-refractivity contribution in [2.45, 2.75) is 23.6 Å². The van der Waals surface area contributed by atoms with Gasteiger partial charge in [0.1, 0.15) is 6.07 Å². The Labute approximate surface area is 206 Å². The molecule has 0 bridgehead atoms. The van der Waals surface area contributed by atoms with Crippen LogP contribution >= 0.6 is 81.9 Å². The fraction of sp³-hybridized carbons (Fsp3) is 0.100. The van der Waals surface area contributed by atoms with Crippen molar-refractivity contribution in [3.05, 3.63) is 60.9 Å². The van der Waals surface area contributed by atoms with E-state index >= 15 is 0 Å². The zero-order valence-electron chi connectivity index (χ0n) is 15.8. The summed E-state index contributed by atoms with van der Waals surface area (Å²) < 4.78 is 34.3. The number of thiophene rings is 1. The first-order valence-electron chi connectivity index (χ1n) is 8.69. The number of halogens is 2. The van der Waals surface area contributed by atoms with Crippen molar-refractivity contribution in [1.29, 1.82) is 10.7 Å². The summed E-state index contributed by atoms with van der Waals surface area (Å²) in [6, 6.07) is 6.24. The van der Waals surface area contributed by atoms with Crippen LogP contribution in [0.4, 0.5) is 8.78 Å². The molecular weight excluding hydrogens is 531 g/mol. The molecule has 2 nitrogen and oxygen atoms in total. The van der Waals surface area contributed by atoms with Crippen LogP contribution < -0.4 is 9.06 Å². The molecule has 2 aromatic rings. The smallest absolute Gasteiger partial charge is 0.179 e. The van der Waals surface area contributed by atoms with Crippen LogP contribution in [0.1, 0.15) is 11.1 Å². The average molecular weight is 541 g/mol. The molecule has 11 heteroatoms. The number of rotatable bonds is 1. The van der Waals surface area contributed by atoms with Crippen molar-refractivity contribution in [2.75, 3.05) is 0 Å². The first-order valence-corrected chi connectivity index (χ1v) is 14.4. The molecule has 31 heavy (non-hydrogen) atoms. The fourth-order valence-corrected chi connectivity index (χ4v) is 13.3. The third-order valence-corrected chi connectivity index (χ3v) is 14.7. The summed E-state index contributed by atoms with van der Waals surface area (Å²) in [6.07, 6.45) is 0.762. The Balaban J connectivity index is 1.43. The molecular formula is C20H10F2N2S7. The topological polar surface area (TPSA) is 47.6 Å². The fourth-order valence-electron chi connectivity index (χ4n) is 2.83. The van der Waals surface area contributed by atoms with Crippen molar-refractivity contribution in [2.24, 2.45) is 0 Å². The standard InChI is InChI=1S/C20H10F2N2S7/c1-7-3-10-11(4-8(7)2)26-17(25-10)18-30-19-20(31-18)29-16(28-19)15-13(22)12(21)14(27-15)9(5-23)6-24/h3-5,23H,1-2H3/b14-9-,23-5?. The maximum Gasteiger partial charge on any atom is 0.179 e. The van der Waals surface area contributed by atoms with E-state index in [2.05, 4.69) is 26.0 Å². The Morgan fingerprint density at radius 3 is 1.81 bits per heavy atom. The van der Waals surface area contributed by atoms with Gasteiger partial charge in [-0.2, -0.15) is 5.26 Å². The van der Waals surface area contributed by atoms with Gasteiger partial charge >= 0.3 is 0 Å². The minimum atomic E-state index is -1.05. The van der Waals surface area contributed by atoms with E-state index in [0.29, 0.717) is 4.24 Å². The molecule has 3 aliphatic heterocycles. The number of benzene rings is 1. The Hall–Kier alpha value is -0.740. The molecule has 4 heterocycles. The molecule has 0 aliphatic carbocycles. The summed E-state index contributed by atoms with van der Waals surface area (Å²) in [5.41, 5.74) is 2.42. The lowest BCUT2D eigenvalue weighted by Gasteiger charge is -2.04. The number of nitriles is 1. The molecule has 1 aromatic carbocycles. The largest absolute Gasteiger partial charge is 0.307 e. The van der Waals surface area contributed by atoms with Crippen LogP contribution in [0.2, 0.25) is 0 Å². The van der Waals surface area contributed by atoms with Crippen LogP contribution in [0.15, 0.2) is 38.9 Å². The molecule has 0 atom stereocenters. The third-order valence-electron chi connectivity index (χ3n) is 4.53. The highest BCUT2D eigenvalue weighted by atomic mass is 32.3. The molecule has 0 fully saturated rings. The van der Waals surface area contributed by atoms with Gasteiger partial charge in [-0.05, 0) is 37.1 Å². The lowest BCUT2D eigenvalue weighted by atomic mass is 10.1. The number of hydrogen-bond acceptors (Lipinski definition) is 9. The third kappa shape index (κ3) is 3.84. The molecule has 0 saturated carbocycles. The Morgan fingerprint density at radius 1 is 0.839 bits per heavy atom. The number of aryl methyl sites for hydroxylation is 2. The molecule has 0 spiro atoms. The minimum Gasteiger partial charge on any atom is -0.307 e. The maximum absolute atomic E-state index is 14.6. The van der Waals surface area contributed by atoms with Crippen molar-refractivity contribution in [1.82, 2.24) is 0 Å². The summed E-state index contributed by atoms with van der Waals surface area (Å²) in [5.74, 6) is -1.99. The highest BCUT2D eigenvalue weighted by Crippen LogP contribution is 2.70. The second-order valence-electron chi connectivity index (χ2n) is 6.49. The summed E-state index contributed by atoms with van der Waals surface area (Å²) in [7, 11) is 0. The summed E-state index contributed by atoms with van der Waals surface area (Å²) in [4.78, 5) is 2.58. The SMILES string of the molecule is Cc1cc2c(cc1C)SC(=C1SC3=C(S1)SC(=c1s/c(=C(\C#N)C=N)c(F)c1F)S3)S2. The van der Waals surface area contributed by atoms with Gasteiger partial charge < -0.3 is 5.41 Å². The molecule has 3 aliphatic rings. The molecule has 0 amide bonds. The number of thioether (sulfide) groups is 6. The molecule has 156 valence electrons. The van der Waals surface area contributed by atoms with E-state index in [-0.39, 0.29) is 14.6 Å². The van der Waals surface area contributed by atoms with Crippen LogP contribution in [-0.4, -0.2) is 6.21 Å². The van der Waals surface area contributed by atoms with E-state index in [9.17, 15) is 8.78 Å². The first kappa shape index (κ1) is 22.1. The lowest BCUT2D eigenvalue weighted by Crippen LogP contribution is -2.05. The van der Waals surface area contributed by atoms with Gasteiger partial charge in [0.05, 0.1) is 35.8 Å². The summed E-state index contributed by atoms with van der Waals surface area (Å²) in [6.45, 7) is 4.26. The molecule has 5 rings (SSSR count). The van der Waals surface area contributed by atoms with Crippen molar-refractivity contribution in [3.8, 4) is 6.07 Å². The quantitative estimate of drug-likeness (QED) is 0.386. The van der Waals surface area contributed by atoms with Gasteiger partial charge in [-0.15, -0.1) is 11.3 Å². The Morgan fingerprint density at radius 2 is 1.32 bits per heavy atom. The van der Waals surface area contributed by atoms with Crippen LogP contribution in [-0.2, 0) is 0 Å². The Kier molecular flexibility index (Phi) is 6.09. The zero-order valence-corrected chi connectivity index (χ0v) is 21.5. The summed E-state index contributed by atoms with van der Waals surface area (Å²) >= 11 is 10.8. The van der Waals surface area contributed by atoms with Gasteiger partial charge in [-0.1, -0.05) is 70.6 Å². The lowest BCUT2D eigenvalue weighted by molar-refractivity contribution is 0.507. The highest BCUT2D eigenvalue weighted by Gasteiger charge is 2.35. The van der Waals surface area contributed by atoms with Gasteiger partial charge in [-0.3, -0.25) is 0 Å². The highest BCUT2D eigenvalue weighted by molar-refractivity contribution is 8.52. The van der Waals surface area contributed by atoms with Crippen molar-refractivity contribution < 1.29 is 8.78 Å². The average Bonchev–Trinajstić information content (AvgIpc) is 3.47. The molecule has 0 unspecified atom stereocenters. The van der Waals surface area contributed by atoms with Crippen molar-refractivity contribution >= 4 is 97.9 Å². The van der Waals surface area contributed by atoms with Crippen LogP contribution in [0.3, 0.4) is 0 Å². The van der Waals surface area contributed by atoms with Gasteiger partial charge in [-0.25, -0.2) is 8.78 Å². The van der Waals surface area contributed by atoms with Gasteiger partial charge in [0.15, 0.2) is 11.6 Å². The molecule has 1 N–H and O–H groups in total. The second kappa shape index (κ2) is 8.56. The Bertz CT molecular complexity index is 1360. The summed E-state index contributed by atoms with van der Waals surface area (Å²) in [5, 5.41) is 16.3. The number of nitrogens with zero attached hydrogens (tertiary/aromatic N) is 1. The molecule has 0 saturated heterocycles. The predicted molar refractivity (Wildman–Crippen MR) is 137 cm³/mol.